The van der Waals surface area contributed by atoms with Gasteiger partial charge in [0.2, 0.25) is 5.91 Å². The standard InChI is InChI=1S/C15H22N2O/c1-15(2)8-7-13(10-15)17-14(18)9-11-3-5-12(16)6-4-11/h3-6,13H,7-10,16H2,1-2H3,(H,17,18). The van der Waals surface area contributed by atoms with Gasteiger partial charge in [0.1, 0.15) is 0 Å². The summed E-state index contributed by atoms with van der Waals surface area (Å²) in [5, 5.41) is 3.13. The molecule has 1 aromatic carbocycles. The van der Waals surface area contributed by atoms with Crippen LogP contribution in [0, 0.1) is 5.41 Å². The Morgan fingerprint density at radius 1 is 1.39 bits per heavy atom. The van der Waals surface area contributed by atoms with Gasteiger partial charge in [-0.2, -0.15) is 0 Å². The largest absolute Gasteiger partial charge is 0.399 e. The van der Waals surface area contributed by atoms with Gasteiger partial charge in [-0.05, 0) is 42.4 Å². The third-order valence-electron chi connectivity index (χ3n) is 3.68. The maximum atomic E-state index is 11.9. The minimum Gasteiger partial charge on any atom is -0.399 e. The van der Waals surface area contributed by atoms with Crippen molar-refractivity contribution in [1.82, 2.24) is 5.32 Å². The van der Waals surface area contributed by atoms with Crippen LogP contribution in [-0.4, -0.2) is 11.9 Å². The smallest absolute Gasteiger partial charge is 0.224 e. The van der Waals surface area contributed by atoms with Crippen LogP contribution in [-0.2, 0) is 11.2 Å². The molecule has 0 spiro atoms. The molecule has 1 aliphatic rings. The van der Waals surface area contributed by atoms with Crippen LogP contribution in [0.2, 0.25) is 0 Å². The Labute approximate surface area is 109 Å². The highest BCUT2D eigenvalue weighted by molar-refractivity contribution is 5.79. The van der Waals surface area contributed by atoms with Crippen molar-refractivity contribution < 1.29 is 4.79 Å². The van der Waals surface area contributed by atoms with Crippen molar-refractivity contribution >= 4 is 11.6 Å². The van der Waals surface area contributed by atoms with Crippen LogP contribution in [0.3, 0.4) is 0 Å². The van der Waals surface area contributed by atoms with Gasteiger partial charge in [0.25, 0.3) is 0 Å². The van der Waals surface area contributed by atoms with E-state index in [9.17, 15) is 4.79 Å². The van der Waals surface area contributed by atoms with Gasteiger partial charge in [0.15, 0.2) is 0 Å². The molecule has 0 radical (unpaired) electrons. The molecule has 1 atom stereocenters. The molecule has 0 bridgehead atoms. The first-order chi connectivity index (χ1) is 8.44. The summed E-state index contributed by atoms with van der Waals surface area (Å²) >= 11 is 0. The van der Waals surface area contributed by atoms with E-state index < -0.39 is 0 Å². The zero-order valence-electron chi connectivity index (χ0n) is 11.2. The second-order valence-electron chi connectivity index (χ2n) is 6.09. The number of hydrogen-bond donors (Lipinski definition) is 2. The average Bonchev–Trinajstić information content (AvgIpc) is 2.61. The molecule has 1 unspecified atom stereocenters. The lowest BCUT2D eigenvalue weighted by molar-refractivity contribution is -0.121. The van der Waals surface area contributed by atoms with Gasteiger partial charge in [-0.25, -0.2) is 0 Å². The Kier molecular flexibility index (Phi) is 3.60. The SMILES string of the molecule is CC1(C)CCC(NC(=O)Cc2ccc(N)cc2)C1. The van der Waals surface area contributed by atoms with Crippen LogP contribution in [0.25, 0.3) is 0 Å². The van der Waals surface area contributed by atoms with E-state index in [4.69, 9.17) is 5.73 Å². The summed E-state index contributed by atoms with van der Waals surface area (Å²) in [6.07, 6.45) is 3.82. The highest BCUT2D eigenvalue weighted by Crippen LogP contribution is 2.36. The van der Waals surface area contributed by atoms with Crippen molar-refractivity contribution in [3.8, 4) is 0 Å². The van der Waals surface area contributed by atoms with Gasteiger partial charge in [-0.3, -0.25) is 4.79 Å². The lowest BCUT2D eigenvalue weighted by Gasteiger charge is -2.17. The second-order valence-corrected chi connectivity index (χ2v) is 6.09. The average molecular weight is 246 g/mol. The predicted octanol–water partition coefficient (Wildman–Crippen LogP) is 2.51. The predicted molar refractivity (Wildman–Crippen MR) is 74.1 cm³/mol. The fraction of sp³-hybridized carbons (Fsp3) is 0.533. The number of amides is 1. The Bertz CT molecular complexity index is 423. The molecule has 0 aliphatic heterocycles. The molecular weight excluding hydrogens is 224 g/mol. The van der Waals surface area contributed by atoms with E-state index >= 15 is 0 Å². The van der Waals surface area contributed by atoms with Gasteiger partial charge in [-0.15, -0.1) is 0 Å². The Morgan fingerprint density at radius 3 is 2.61 bits per heavy atom. The molecule has 3 nitrogen and oxygen atoms in total. The van der Waals surface area contributed by atoms with Crippen molar-refractivity contribution in [3.63, 3.8) is 0 Å². The quantitative estimate of drug-likeness (QED) is 0.805. The summed E-state index contributed by atoms with van der Waals surface area (Å²) in [6.45, 7) is 4.53. The highest BCUT2D eigenvalue weighted by atomic mass is 16.1. The van der Waals surface area contributed by atoms with E-state index in [0.717, 1.165) is 24.1 Å². The molecule has 18 heavy (non-hydrogen) atoms. The molecule has 1 saturated carbocycles. The first kappa shape index (κ1) is 12.9. The van der Waals surface area contributed by atoms with E-state index in [2.05, 4.69) is 19.2 Å². The zero-order valence-corrected chi connectivity index (χ0v) is 11.2. The number of nitrogens with two attached hydrogens (primary N) is 1. The summed E-state index contributed by atoms with van der Waals surface area (Å²) in [4.78, 5) is 11.9. The summed E-state index contributed by atoms with van der Waals surface area (Å²) < 4.78 is 0. The lowest BCUT2D eigenvalue weighted by atomic mass is 9.92. The molecular formula is C15H22N2O. The van der Waals surface area contributed by atoms with Gasteiger partial charge < -0.3 is 11.1 Å². The molecule has 0 heterocycles. The molecule has 0 saturated heterocycles. The Morgan fingerprint density at radius 2 is 2.06 bits per heavy atom. The number of nitrogen functional groups attached to an aromatic ring is 1. The molecule has 1 aromatic rings. The number of carbonyl (C=O) groups excluding carboxylic acids is 1. The second kappa shape index (κ2) is 5.01. The van der Waals surface area contributed by atoms with Crippen molar-refractivity contribution in [3.05, 3.63) is 29.8 Å². The monoisotopic (exact) mass is 246 g/mol. The van der Waals surface area contributed by atoms with E-state index in [-0.39, 0.29) is 5.91 Å². The summed E-state index contributed by atoms with van der Waals surface area (Å²) in [5.41, 5.74) is 7.74. The van der Waals surface area contributed by atoms with Crippen LogP contribution in [0.15, 0.2) is 24.3 Å². The van der Waals surface area contributed by atoms with Crippen molar-refractivity contribution in [2.75, 3.05) is 5.73 Å². The van der Waals surface area contributed by atoms with Crippen LogP contribution in [0.5, 0.6) is 0 Å². The van der Waals surface area contributed by atoms with Crippen LogP contribution >= 0.6 is 0 Å². The fourth-order valence-electron chi connectivity index (χ4n) is 2.66. The molecule has 2 rings (SSSR count). The van der Waals surface area contributed by atoms with Crippen molar-refractivity contribution in [2.24, 2.45) is 5.41 Å². The van der Waals surface area contributed by atoms with Crippen LogP contribution in [0.4, 0.5) is 5.69 Å². The summed E-state index contributed by atoms with van der Waals surface area (Å²) in [6, 6.07) is 7.84. The minimum atomic E-state index is 0.113. The first-order valence-electron chi connectivity index (χ1n) is 6.58. The summed E-state index contributed by atoms with van der Waals surface area (Å²) in [7, 11) is 0. The maximum absolute atomic E-state index is 11.9. The fourth-order valence-corrected chi connectivity index (χ4v) is 2.66. The van der Waals surface area contributed by atoms with Crippen molar-refractivity contribution in [1.29, 1.82) is 0 Å². The number of hydrogen-bond acceptors (Lipinski definition) is 2. The first-order valence-corrected chi connectivity index (χ1v) is 6.58. The lowest BCUT2D eigenvalue weighted by Crippen LogP contribution is -2.34. The number of anilines is 1. The molecule has 1 aliphatic carbocycles. The molecule has 98 valence electrons. The molecule has 3 N–H and O–H groups in total. The van der Waals surface area contributed by atoms with Gasteiger partial charge in [0, 0.05) is 11.7 Å². The number of rotatable bonds is 3. The van der Waals surface area contributed by atoms with E-state index in [1.165, 1.54) is 6.42 Å². The van der Waals surface area contributed by atoms with Gasteiger partial charge >= 0.3 is 0 Å². The Balaban J connectivity index is 1.84. The maximum Gasteiger partial charge on any atom is 0.224 e. The van der Waals surface area contributed by atoms with Gasteiger partial charge in [-0.1, -0.05) is 26.0 Å². The Hall–Kier alpha value is -1.51. The van der Waals surface area contributed by atoms with Crippen LogP contribution in [0.1, 0.15) is 38.7 Å². The topological polar surface area (TPSA) is 55.1 Å². The molecule has 0 aromatic heterocycles. The van der Waals surface area contributed by atoms with E-state index in [0.29, 0.717) is 17.9 Å². The minimum absolute atomic E-state index is 0.113. The number of benzene rings is 1. The molecule has 1 amide bonds. The number of nitrogens with one attached hydrogen (secondary N) is 1. The van der Waals surface area contributed by atoms with Crippen LogP contribution < -0.4 is 11.1 Å². The zero-order chi connectivity index (χ0) is 13.2. The third kappa shape index (κ3) is 3.49. The van der Waals surface area contributed by atoms with Gasteiger partial charge in [0.05, 0.1) is 6.42 Å². The van der Waals surface area contributed by atoms with Crippen molar-refractivity contribution in [2.45, 2.75) is 45.6 Å². The number of carbonyl (C=O) groups is 1. The van der Waals surface area contributed by atoms with E-state index in [1.54, 1.807) is 0 Å². The molecule has 3 heteroatoms. The van der Waals surface area contributed by atoms with E-state index in [1.807, 2.05) is 24.3 Å². The third-order valence-corrected chi connectivity index (χ3v) is 3.68. The molecule has 1 fully saturated rings. The normalized spacial score (nSPS) is 21.8. The summed E-state index contributed by atoms with van der Waals surface area (Å²) in [5.74, 6) is 0.113. The highest BCUT2D eigenvalue weighted by Gasteiger charge is 2.31.